The highest BCUT2D eigenvalue weighted by Crippen LogP contribution is 2.15. The SMILES string of the molecule is CCOC(CN)Cc1nc2nc(C)ccc2o1. The molecule has 17 heavy (non-hydrogen) atoms. The lowest BCUT2D eigenvalue weighted by Crippen LogP contribution is -2.26. The Labute approximate surface area is 100.0 Å². The third-order valence-electron chi connectivity index (χ3n) is 2.50. The summed E-state index contributed by atoms with van der Waals surface area (Å²) in [6.45, 7) is 4.97. The number of aryl methyl sites for hydroxylation is 1. The van der Waals surface area contributed by atoms with Gasteiger partial charge in [0.05, 0.1) is 12.5 Å². The monoisotopic (exact) mass is 235 g/mol. The summed E-state index contributed by atoms with van der Waals surface area (Å²) in [7, 11) is 0. The predicted octanol–water partition coefficient (Wildman–Crippen LogP) is 1.44. The maximum Gasteiger partial charge on any atom is 0.199 e. The highest BCUT2D eigenvalue weighted by Gasteiger charge is 2.13. The number of hydrogen-bond donors (Lipinski definition) is 1. The number of nitrogens with two attached hydrogens (primary N) is 1. The number of oxazole rings is 1. The zero-order chi connectivity index (χ0) is 12.3. The fraction of sp³-hybridized carbons (Fsp3) is 0.500. The van der Waals surface area contributed by atoms with E-state index in [-0.39, 0.29) is 6.10 Å². The fourth-order valence-corrected chi connectivity index (χ4v) is 1.69. The maximum absolute atomic E-state index is 5.61. The van der Waals surface area contributed by atoms with Gasteiger partial charge in [0.15, 0.2) is 17.1 Å². The molecule has 5 heteroatoms. The van der Waals surface area contributed by atoms with Gasteiger partial charge in [-0.25, -0.2) is 4.98 Å². The van der Waals surface area contributed by atoms with E-state index in [0.717, 1.165) is 5.69 Å². The van der Waals surface area contributed by atoms with Gasteiger partial charge in [-0.1, -0.05) is 0 Å². The normalized spacial score (nSPS) is 13.1. The molecule has 2 heterocycles. The van der Waals surface area contributed by atoms with Crippen molar-refractivity contribution in [2.75, 3.05) is 13.2 Å². The molecule has 0 aliphatic carbocycles. The molecule has 5 nitrogen and oxygen atoms in total. The molecule has 2 N–H and O–H groups in total. The second-order valence-electron chi connectivity index (χ2n) is 3.90. The van der Waals surface area contributed by atoms with Crippen molar-refractivity contribution in [3.63, 3.8) is 0 Å². The lowest BCUT2D eigenvalue weighted by molar-refractivity contribution is 0.0651. The van der Waals surface area contributed by atoms with Crippen LogP contribution >= 0.6 is 0 Å². The van der Waals surface area contributed by atoms with Crippen molar-refractivity contribution in [2.24, 2.45) is 5.73 Å². The van der Waals surface area contributed by atoms with E-state index in [0.29, 0.717) is 36.7 Å². The smallest absolute Gasteiger partial charge is 0.199 e. The first kappa shape index (κ1) is 12.0. The second kappa shape index (κ2) is 5.25. The van der Waals surface area contributed by atoms with Crippen molar-refractivity contribution in [1.82, 2.24) is 9.97 Å². The molecule has 0 saturated carbocycles. The predicted molar refractivity (Wildman–Crippen MR) is 64.7 cm³/mol. The zero-order valence-electron chi connectivity index (χ0n) is 10.1. The van der Waals surface area contributed by atoms with E-state index in [1.165, 1.54) is 0 Å². The molecule has 2 rings (SSSR count). The van der Waals surface area contributed by atoms with Gasteiger partial charge in [0, 0.05) is 18.8 Å². The number of pyridine rings is 1. The van der Waals surface area contributed by atoms with Crippen LogP contribution < -0.4 is 5.73 Å². The highest BCUT2D eigenvalue weighted by molar-refractivity contribution is 5.67. The van der Waals surface area contributed by atoms with Crippen LogP contribution in [0.5, 0.6) is 0 Å². The summed E-state index contributed by atoms with van der Waals surface area (Å²) in [6, 6.07) is 3.78. The van der Waals surface area contributed by atoms with Crippen LogP contribution in [0.2, 0.25) is 0 Å². The van der Waals surface area contributed by atoms with Crippen molar-refractivity contribution >= 4 is 11.2 Å². The van der Waals surface area contributed by atoms with E-state index in [1.807, 2.05) is 26.0 Å². The molecule has 0 aliphatic heterocycles. The molecule has 0 bridgehead atoms. The first-order chi connectivity index (χ1) is 8.22. The van der Waals surface area contributed by atoms with Crippen LogP contribution in [0, 0.1) is 6.92 Å². The summed E-state index contributed by atoms with van der Waals surface area (Å²) in [6.07, 6.45) is 0.536. The Bertz CT molecular complexity index is 495. The molecule has 92 valence electrons. The van der Waals surface area contributed by atoms with Gasteiger partial charge >= 0.3 is 0 Å². The number of nitrogens with zero attached hydrogens (tertiary/aromatic N) is 2. The maximum atomic E-state index is 5.61. The van der Waals surface area contributed by atoms with E-state index in [1.54, 1.807) is 0 Å². The summed E-state index contributed by atoms with van der Waals surface area (Å²) in [5.74, 6) is 0.627. The van der Waals surface area contributed by atoms with Gasteiger partial charge in [-0.05, 0) is 26.0 Å². The Morgan fingerprint density at radius 1 is 1.41 bits per heavy atom. The molecule has 2 aromatic heterocycles. The van der Waals surface area contributed by atoms with Crippen molar-refractivity contribution in [1.29, 1.82) is 0 Å². The molecule has 0 amide bonds. The summed E-state index contributed by atoms with van der Waals surface area (Å²) >= 11 is 0. The molecule has 0 aliphatic rings. The lowest BCUT2D eigenvalue weighted by Gasteiger charge is -2.11. The van der Waals surface area contributed by atoms with Crippen molar-refractivity contribution in [2.45, 2.75) is 26.4 Å². The van der Waals surface area contributed by atoms with Gasteiger partial charge in [0.2, 0.25) is 0 Å². The average Bonchev–Trinajstić information content (AvgIpc) is 2.69. The van der Waals surface area contributed by atoms with Crippen LogP contribution in [0.4, 0.5) is 0 Å². The largest absolute Gasteiger partial charge is 0.439 e. The fourth-order valence-electron chi connectivity index (χ4n) is 1.69. The molecule has 0 saturated heterocycles. The zero-order valence-corrected chi connectivity index (χ0v) is 10.1. The van der Waals surface area contributed by atoms with Crippen LogP contribution in [0.3, 0.4) is 0 Å². The van der Waals surface area contributed by atoms with E-state index in [2.05, 4.69) is 9.97 Å². The molecule has 0 aromatic carbocycles. The van der Waals surface area contributed by atoms with Gasteiger partial charge in [-0.2, -0.15) is 4.98 Å². The van der Waals surface area contributed by atoms with Crippen LogP contribution in [0.25, 0.3) is 11.2 Å². The first-order valence-corrected chi connectivity index (χ1v) is 5.77. The van der Waals surface area contributed by atoms with Crippen molar-refractivity contribution in [3.8, 4) is 0 Å². The Hall–Kier alpha value is -1.46. The van der Waals surface area contributed by atoms with Gasteiger partial charge in [0.25, 0.3) is 0 Å². The van der Waals surface area contributed by atoms with Gasteiger partial charge in [-0.3, -0.25) is 0 Å². The quantitative estimate of drug-likeness (QED) is 0.848. The molecule has 1 atom stereocenters. The summed E-state index contributed by atoms with van der Waals surface area (Å²) < 4.78 is 11.1. The van der Waals surface area contributed by atoms with Crippen LogP contribution in [-0.2, 0) is 11.2 Å². The summed E-state index contributed by atoms with van der Waals surface area (Å²) in [4.78, 5) is 8.63. The highest BCUT2D eigenvalue weighted by atomic mass is 16.5. The number of fused-ring (bicyclic) bond motifs is 1. The van der Waals surface area contributed by atoms with Crippen LogP contribution in [-0.4, -0.2) is 29.2 Å². The van der Waals surface area contributed by atoms with Crippen LogP contribution in [0.1, 0.15) is 18.5 Å². The van der Waals surface area contributed by atoms with E-state index < -0.39 is 0 Å². The number of ether oxygens (including phenoxy) is 1. The topological polar surface area (TPSA) is 74.2 Å². The Kier molecular flexibility index (Phi) is 3.71. The molecule has 1 unspecified atom stereocenters. The Morgan fingerprint density at radius 3 is 2.94 bits per heavy atom. The van der Waals surface area contributed by atoms with E-state index >= 15 is 0 Å². The minimum atomic E-state index is -0.0471. The van der Waals surface area contributed by atoms with Crippen molar-refractivity contribution < 1.29 is 9.15 Å². The molecule has 0 spiro atoms. The number of rotatable bonds is 5. The third kappa shape index (κ3) is 2.81. The second-order valence-corrected chi connectivity index (χ2v) is 3.90. The Morgan fingerprint density at radius 2 is 2.24 bits per heavy atom. The van der Waals surface area contributed by atoms with Gasteiger partial charge < -0.3 is 14.9 Å². The molecule has 0 radical (unpaired) electrons. The van der Waals surface area contributed by atoms with E-state index in [9.17, 15) is 0 Å². The van der Waals surface area contributed by atoms with Gasteiger partial charge in [-0.15, -0.1) is 0 Å². The molecule has 0 fully saturated rings. The summed E-state index contributed by atoms with van der Waals surface area (Å²) in [5, 5.41) is 0. The first-order valence-electron chi connectivity index (χ1n) is 5.77. The molecular formula is C12H17N3O2. The average molecular weight is 235 g/mol. The van der Waals surface area contributed by atoms with Crippen LogP contribution in [0.15, 0.2) is 16.5 Å². The molecule has 2 aromatic rings. The third-order valence-corrected chi connectivity index (χ3v) is 2.50. The minimum absolute atomic E-state index is 0.0471. The lowest BCUT2D eigenvalue weighted by atomic mass is 10.2. The number of hydrogen-bond acceptors (Lipinski definition) is 5. The molecular weight excluding hydrogens is 218 g/mol. The Balaban J connectivity index is 2.18. The van der Waals surface area contributed by atoms with Gasteiger partial charge in [0.1, 0.15) is 0 Å². The summed E-state index contributed by atoms with van der Waals surface area (Å²) in [5.41, 5.74) is 7.90. The van der Waals surface area contributed by atoms with Crippen molar-refractivity contribution in [3.05, 3.63) is 23.7 Å². The number of aromatic nitrogens is 2. The minimum Gasteiger partial charge on any atom is -0.439 e. The van der Waals surface area contributed by atoms with E-state index in [4.69, 9.17) is 14.9 Å². The standard InChI is InChI=1S/C12H17N3O2/c1-3-16-9(7-13)6-11-15-12-10(17-11)5-4-8(2)14-12/h4-5,9H,3,6-7,13H2,1-2H3.